The highest BCUT2D eigenvalue weighted by Crippen LogP contribution is 2.34. The van der Waals surface area contributed by atoms with Crippen molar-refractivity contribution in [3.05, 3.63) is 51.7 Å². The van der Waals surface area contributed by atoms with E-state index in [1.807, 2.05) is 22.9 Å². The smallest absolute Gasteiger partial charge is 0.315 e. The lowest BCUT2D eigenvalue weighted by Crippen LogP contribution is -2.23. The molecule has 1 amide bonds. The predicted molar refractivity (Wildman–Crippen MR) is 116 cm³/mol. The summed E-state index contributed by atoms with van der Waals surface area (Å²) >= 11 is 4.16. The number of carbonyl (C=O) groups is 1. The van der Waals surface area contributed by atoms with Crippen molar-refractivity contribution in [3.8, 4) is 10.4 Å². The Hall–Kier alpha value is -2.76. The number of amides is 1. The monoisotopic (exact) mass is 445 g/mol. The lowest BCUT2D eigenvalue weighted by Gasteiger charge is -2.10. The van der Waals surface area contributed by atoms with Crippen LogP contribution in [0.5, 0.6) is 0 Å². The fourth-order valence-electron chi connectivity index (χ4n) is 2.65. The zero-order valence-corrected chi connectivity index (χ0v) is 17.7. The average Bonchev–Trinajstić information content (AvgIpc) is 3.43. The van der Waals surface area contributed by atoms with E-state index in [4.69, 9.17) is 4.52 Å². The Bertz CT molecular complexity index is 1240. The molecule has 0 saturated carbocycles. The topological polar surface area (TPSA) is 103 Å². The largest absolute Gasteiger partial charge is 0.328 e. The van der Waals surface area contributed by atoms with E-state index in [0.29, 0.717) is 27.7 Å². The summed E-state index contributed by atoms with van der Waals surface area (Å²) < 4.78 is 6.42. The molecule has 0 aromatic carbocycles. The molecule has 148 valence electrons. The molecular weight excluding hydrogens is 430 g/mol. The van der Waals surface area contributed by atoms with Crippen LogP contribution in [0.4, 0.5) is 6.01 Å². The van der Waals surface area contributed by atoms with E-state index in [1.165, 1.54) is 27.7 Å². The van der Waals surface area contributed by atoms with Crippen LogP contribution in [0.3, 0.4) is 0 Å². The fourth-order valence-corrected chi connectivity index (χ4v) is 5.26. The second-order valence-electron chi connectivity index (χ2n) is 5.89. The van der Waals surface area contributed by atoms with Gasteiger partial charge in [-0.25, -0.2) is 4.98 Å². The number of nitrogens with zero attached hydrogens (tertiary/aromatic N) is 4. The van der Waals surface area contributed by atoms with Gasteiger partial charge in [-0.15, -0.1) is 29.3 Å². The van der Waals surface area contributed by atoms with Crippen LogP contribution in [0.2, 0.25) is 0 Å². The van der Waals surface area contributed by atoms with Crippen LogP contribution in [0.15, 0.2) is 50.0 Å². The third-order valence-corrected chi connectivity index (χ3v) is 6.62. The average molecular weight is 446 g/mol. The number of thioether (sulfide) groups is 1. The van der Waals surface area contributed by atoms with Crippen molar-refractivity contribution in [2.45, 2.75) is 18.6 Å². The Labute approximate surface area is 177 Å². The molecule has 1 N–H and O–H groups in total. The van der Waals surface area contributed by atoms with E-state index >= 15 is 0 Å². The van der Waals surface area contributed by atoms with Gasteiger partial charge >= 0.3 is 6.01 Å². The number of aromatic nitrogens is 4. The van der Waals surface area contributed by atoms with Crippen molar-refractivity contribution in [2.24, 2.45) is 0 Å². The molecule has 0 atom stereocenters. The predicted octanol–water partition coefficient (Wildman–Crippen LogP) is 3.79. The van der Waals surface area contributed by atoms with Crippen molar-refractivity contribution in [1.29, 1.82) is 0 Å². The van der Waals surface area contributed by atoms with Crippen LogP contribution in [0.1, 0.15) is 5.82 Å². The first kappa shape index (κ1) is 19.6. The van der Waals surface area contributed by atoms with Gasteiger partial charge in [-0.2, -0.15) is 4.98 Å². The molecule has 0 aliphatic heterocycles. The zero-order valence-electron chi connectivity index (χ0n) is 15.2. The molecule has 0 radical (unpaired) electrons. The molecule has 8 nitrogen and oxygen atoms in total. The Kier molecular flexibility index (Phi) is 5.60. The molecule has 4 aromatic rings. The molecule has 29 heavy (non-hydrogen) atoms. The van der Waals surface area contributed by atoms with Crippen molar-refractivity contribution < 1.29 is 9.32 Å². The van der Waals surface area contributed by atoms with Gasteiger partial charge in [-0.3, -0.25) is 19.5 Å². The van der Waals surface area contributed by atoms with E-state index in [-0.39, 0.29) is 23.2 Å². The number of rotatable bonds is 7. The number of hydrogen-bond acceptors (Lipinski definition) is 9. The third kappa shape index (κ3) is 4.02. The Morgan fingerprint density at radius 3 is 2.97 bits per heavy atom. The van der Waals surface area contributed by atoms with Gasteiger partial charge in [0.25, 0.3) is 5.56 Å². The minimum atomic E-state index is -0.330. The van der Waals surface area contributed by atoms with E-state index in [2.05, 4.69) is 27.0 Å². The molecular formula is C18H15N5O3S3. The van der Waals surface area contributed by atoms with E-state index in [9.17, 15) is 9.59 Å². The van der Waals surface area contributed by atoms with Gasteiger partial charge in [-0.05, 0) is 18.4 Å². The van der Waals surface area contributed by atoms with Crippen LogP contribution in [0, 0.1) is 6.92 Å². The minimum absolute atomic E-state index is 0.0406. The first-order valence-corrected chi connectivity index (χ1v) is 11.2. The molecule has 4 aromatic heterocycles. The molecule has 0 aliphatic rings. The molecule has 11 heteroatoms. The number of anilines is 1. The second-order valence-corrected chi connectivity index (χ2v) is 8.64. The van der Waals surface area contributed by atoms with E-state index in [0.717, 1.165) is 10.4 Å². The summed E-state index contributed by atoms with van der Waals surface area (Å²) in [5.41, 5.74) is 0.742. The van der Waals surface area contributed by atoms with Gasteiger partial charge in [0.2, 0.25) is 5.91 Å². The fraction of sp³-hybridized carbons (Fsp3) is 0.167. The van der Waals surface area contributed by atoms with Crippen molar-refractivity contribution >= 4 is 56.6 Å². The number of allylic oxidation sites excluding steroid dienone is 1. The molecule has 0 saturated heterocycles. The zero-order chi connectivity index (χ0) is 20.4. The number of aryl methyl sites for hydroxylation is 1. The summed E-state index contributed by atoms with van der Waals surface area (Å²) in [6, 6.07) is 3.97. The standard InChI is InChI=1S/C18H15N5O3S3/c1-3-6-23-16(25)14-11(12-5-4-7-27-12)8-28-15(14)21-18(23)29-9-13(24)20-17-19-10(2)22-26-17/h3-5,7-8H,1,6,9H2,2H3,(H,19,20,22,24). The highest BCUT2D eigenvalue weighted by atomic mass is 32.2. The lowest BCUT2D eigenvalue weighted by molar-refractivity contribution is -0.114. The van der Waals surface area contributed by atoms with Crippen molar-refractivity contribution in [2.75, 3.05) is 11.1 Å². The summed E-state index contributed by atoms with van der Waals surface area (Å²) in [6.07, 6.45) is 1.64. The van der Waals surface area contributed by atoms with Crippen molar-refractivity contribution in [3.63, 3.8) is 0 Å². The maximum absolute atomic E-state index is 13.2. The van der Waals surface area contributed by atoms with Gasteiger partial charge in [-0.1, -0.05) is 29.1 Å². The van der Waals surface area contributed by atoms with Crippen LogP contribution in [-0.2, 0) is 11.3 Å². The summed E-state index contributed by atoms with van der Waals surface area (Å²) in [7, 11) is 0. The number of carbonyl (C=O) groups excluding carboxylic acids is 1. The van der Waals surface area contributed by atoms with Crippen LogP contribution in [0.25, 0.3) is 20.7 Å². The third-order valence-electron chi connectivity index (χ3n) is 3.86. The number of nitrogens with one attached hydrogen (secondary N) is 1. The molecule has 0 aliphatic carbocycles. The normalized spacial score (nSPS) is 11.1. The van der Waals surface area contributed by atoms with Crippen LogP contribution < -0.4 is 10.9 Å². The van der Waals surface area contributed by atoms with Gasteiger partial charge in [0, 0.05) is 22.4 Å². The van der Waals surface area contributed by atoms with E-state index < -0.39 is 0 Å². The highest BCUT2D eigenvalue weighted by Gasteiger charge is 2.18. The van der Waals surface area contributed by atoms with E-state index in [1.54, 1.807) is 24.3 Å². The molecule has 0 unspecified atom stereocenters. The quantitative estimate of drug-likeness (QED) is 0.262. The Balaban J connectivity index is 1.63. The number of thiophene rings is 2. The molecule has 0 bridgehead atoms. The molecule has 4 heterocycles. The van der Waals surface area contributed by atoms with Crippen LogP contribution >= 0.6 is 34.4 Å². The summed E-state index contributed by atoms with van der Waals surface area (Å²) in [4.78, 5) is 35.6. The Morgan fingerprint density at radius 2 is 2.28 bits per heavy atom. The Morgan fingerprint density at radius 1 is 1.41 bits per heavy atom. The summed E-state index contributed by atoms with van der Waals surface area (Å²) in [5.74, 6) is 0.141. The highest BCUT2D eigenvalue weighted by molar-refractivity contribution is 7.99. The first-order valence-electron chi connectivity index (χ1n) is 8.46. The second kappa shape index (κ2) is 8.31. The lowest BCUT2D eigenvalue weighted by atomic mass is 10.2. The van der Waals surface area contributed by atoms with Gasteiger partial charge in [0.15, 0.2) is 11.0 Å². The first-order chi connectivity index (χ1) is 14.1. The molecule has 4 rings (SSSR count). The number of hydrogen-bond donors (Lipinski definition) is 1. The maximum atomic E-state index is 13.2. The van der Waals surface area contributed by atoms with Gasteiger partial charge in [0.05, 0.1) is 11.1 Å². The minimum Gasteiger partial charge on any atom is -0.315 e. The summed E-state index contributed by atoms with van der Waals surface area (Å²) in [5, 5.41) is 11.1. The van der Waals surface area contributed by atoms with Gasteiger partial charge < -0.3 is 4.52 Å². The molecule has 0 fully saturated rings. The van der Waals surface area contributed by atoms with Crippen LogP contribution in [-0.4, -0.2) is 31.4 Å². The molecule has 0 spiro atoms. The van der Waals surface area contributed by atoms with Crippen molar-refractivity contribution in [1.82, 2.24) is 19.7 Å². The number of fused-ring (bicyclic) bond motifs is 1. The summed E-state index contributed by atoms with van der Waals surface area (Å²) in [6.45, 7) is 5.69. The maximum Gasteiger partial charge on any atom is 0.328 e. The van der Waals surface area contributed by atoms with Gasteiger partial charge in [0.1, 0.15) is 4.83 Å². The SMILES string of the molecule is C=CCn1c(SCC(=O)Nc2nc(C)no2)nc2scc(-c3cccs3)c2c1=O.